The summed E-state index contributed by atoms with van der Waals surface area (Å²) >= 11 is 0. The molecule has 4 rings (SSSR count). The van der Waals surface area contributed by atoms with Crippen molar-refractivity contribution in [2.45, 2.75) is 63.9 Å². The van der Waals surface area contributed by atoms with Crippen molar-refractivity contribution in [2.75, 3.05) is 6.54 Å². The molecule has 38 heavy (non-hydrogen) atoms. The van der Waals surface area contributed by atoms with Crippen LogP contribution in [0, 0.1) is 18.6 Å². The number of halogens is 2. The highest BCUT2D eigenvalue weighted by Crippen LogP contribution is 2.30. The summed E-state index contributed by atoms with van der Waals surface area (Å²) in [5, 5.41) is 25.6. The lowest BCUT2D eigenvalue weighted by Gasteiger charge is -2.26. The zero-order chi connectivity index (χ0) is 27.1. The van der Waals surface area contributed by atoms with Gasteiger partial charge < -0.3 is 15.7 Å². The second-order valence-corrected chi connectivity index (χ2v) is 9.88. The van der Waals surface area contributed by atoms with Gasteiger partial charge in [-0.1, -0.05) is 61.0 Å². The van der Waals surface area contributed by atoms with E-state index in [0.29, 0.717) is 18.5 Å². The van der Waals surface area contributed by atoms with Crippen LogP contribution >= 0.6 is 0 Å². The van der Waals surface area contributed by atoms with Crippen molar-refractivity contribution >= 4 is 5.91 Å². The lowest BCUT2D eigenvalue weighted by atomic mass is 9.98. The van der Waals surface area contributed by atoms with Crippen LogP contribution in [0.4, 0.5) is 8.78 Å². The summed E-state index contributed by atoms with van der Waals surface area (Å²) < 4.78 is 27.7. The Balaban J connectivity index is 1.41. The SMILES string of the molecule is CCc1cccc(CNC[C@@H](O)[C@H](Cc2cc(F)cc(F)c2)NC(=O)C2CC(c3ccc(C)cc3)N=N2)c1. The fourth-order valence-electron chi connectivity index (χ4n) is 4.63. The Morgan fingerprint density at radius 3 is 2.42 bits per heavy atom. The minimum atomic E-state index is -1.01. The van der Waals surface area contributed by atoms with Gasteiger partial charge in [0.1, 0.15) is 11.6 Å². The molecule has 0 fully saturated rings. The first kappa shape index (κ1) is 27.5. The maximum atomic E-state index is 13.8. The van der Waals surface area contributed by atoms with Crippen molar-refractivity contribution in [3.63, 3.8) is 0 Å². The average Bonchev–Trinajstić information content (AvgIpc) is 3.39. The minimum Gasteiger partial charge on any atom is -0.390 e. The van der Waals surface area contributed by atoms with Gasteiger partial charge in [0.05, 0.1) is 18.2 Å². The second kappa shape index (κ2) is 12.8. The fourth-order valence-corrected chi connectivity index (χ4v) is 4.63. The molecule has 2 unspecified atom stereocenters. The number of amides is 1. The lowest BCUT2D eigenvalue weighted by molar-refractivity contribution is -0.123. The summed E-state index contributed by atoms with van der Waals surface area (Å²) in [7, 11) is 0. The molecule has 4 atom stereocenters. The Morgan fingerprint density at radius 2 is 1.71 bits per heavy atom. The Bertz CT molecular complexity index is 1250. The van der Waals surface area contributed by atoms with E-state index in [1.165, 1.54) is 17.7 Å². The highest BCUT2D eigenvalue weighted by Gasteiger charge is 2.32. The van der Waals surface area contributed by atoms with Crippen LogP contribution in [0.5, 0.6) is 0 Å². The second-order valence-electron chi connectivity index (χ2n) is 9.88. The first-order valence-electron chi connectivity index (χ1n) is 13.0. The fraction of sp³-hybridized carbons (Fsp3) is 0.367. The van der Waals surface area contributed by atoms with Crippen molar-refractivity contribution in [3.8, 4) is 0 Å². The molecule has 1 aliphatic heterocycles. The Labute approximate surface area is 222 Å². The molecular weight excluding hydrogens is 486 g/mol. The van der Waals surface area contributed by atoms with E-state index >= 15 is 0 Å². The number of nitrogens with zero attached hydrogens (tertiary/aromatic N) is 2. The number of hydrogen-bond acceptors (Lipinski definition) is 5. The lowest BCUT2D eigenvalue weighted by Crippen LogP contribution is -2.50. The minimum absolute atomic E-state index is 0.0554. The topological polar surface area (TPSA) is 86.1 Å². The molecule has 0 bridgehead atoms. The molecule has 0 saturated heterocycles. The van der Waals surface area contributed by atoms with E-state index in [4.69, 9.17) is 0 Å². The predicted molar refractivity (Wildman–Crippen MR) is 143 cm³/mol. The summed E-state index contributed by atoms with van der Waals surface area (Å²) in [6.45, 7) is 4.81. The Kier molecular flexibility index (Phi) is 9.31. The van der Waals surface area contributed by atoms with E-state index in [1.54, 1.807) is 0 Å². The van der Waals surface area contributed by atoms with Crippen LogP contribution in [-0.4, -0.2) is 35.7 Å². The molecule has 200 valence electrons. The van der Waals surface area contributed by atoms with E-state index in [0.717, 1.165) is 29.2 Å². The van der Waals surface area contributed by atoms with Crippen LogP contribution < -0.4 is 10.6 Å². The van der Waals surface area contributed by atoms with Gasteiger partial charge >= 0.3 is 0 Å². The molecule has 0 radical (unpaired) electrons. The Hall–Kier alpha value is -3.49. The molecule has 1 amide bonds. The van der Waals surface area contributed by atoms with Crippen LogP contribution in [-0.2, 0) is 24.2 Å². The highest BCUT2D eigenvalue weighted by molar-refractivity contribution is 5.82. The number of benzene rings is 3. The third-order valence-corrected chi connectivity index (χ3v) is 6.81. The largest absolute Gasteiger partial charge is 0.390 e. The molecule has 1 aliphatic rings. The van der Waals surface area contributed by atoms with Gasteiger partial charge in [0, 0.05) is 25.6 Å². The predicted octanol–water partition coefficient (Wildman–Crippen LogP) is 4.98. The van der Waals surface area contributed by atoms with E-state index in [9.17, 15) is 18.7 Å². The number of carbonyl (C=O) groups excluding carboxylic acids is 1. The van der Waals surface area contributed by atoms with Crippen molar-refractivity contribution in [1.29, 1.82) is 0 Å². The highest BCUT2D eigenvalue weighted by atomic mass is 19.1. The number of carbonyl (C=O) groups is 1. The van der Waals surface area contributed by atoms with E-state index < -0.39 is 29.8 Å². The zero-order valence-corrected chi connectivity index (χ0v) is 21.7. The zero-order valence-electron chi connectivity index (χ0n) is 21.7. The van der Waals surface area contributed by atoms with Crippen LogP contribution in [0.25, 0.3) is 0 Å². The normalized spacial score (nSPS) is 18.3. The summed E-state index contributed by atoms with van der Waals surface area (Å²) in [5.41, 5.74) is 4.76. The number of aliphatic hydroxyl groups is 1. The first-order valence-corrected chi connectivity index (χ1v) is 13.0. The van der Waals surface area contributed by atoms with Crippen LogP contribution in [0.3, 0.4) is 0 Å². The molecule has 0 spiro atoms. The van der Waals surface area contributed by atoms with E-state index in [-0.39, 0.29) is 24.9 Å². The smallest absolute Gasteiger partial charge is 0.247 e. The number of aliphatic hydroxyl groups excluding tert-OH is 1. The summed E-state index contributed by atoms with van der Waals surface area (Å²) in [6, 6.07) is 17.6. The number of aryl methyl sites for hydroxylation is 2. The van der Waals surface area contributed by atoms with Gasteiger partial charge in [-0.05, 0) is 54.2 Å². The molecule has 6 nitrogen and oxygen atoms in total. The van der Waals surface area contributed by atoms with E-state index in [2.05, 4.69) is 39.9 Å². The van der Waals surface area contributed by atoms with Crippen molar-refractivity contribution in [1.82, 2.24) is 10.6 Å². The summed E-state index contributed by atoms with van der Waals surface area (Å²) in [6.07, 6.45) is 0.391. The number of azo groups is 1. The summed E-state index contributed by atoms with van der Waals surface area (Å²) in [4.78, 5) is 13.1. The maximum Gasteiger partial charge on any atom is 0.247 e. The first-order chi connectivity index (χ1) is 18.3. The van der Waals surface area contributed by atoms with Gasteiger partial charge in [0.15, 0.2) is 6.04 Å². The quantitative estimate of drug-likeness (QED) is 0.333. The third kappa shape index (κ3) is 7.52. The van der Waals surface area contributed by atoms with Gasteiger partial charge in [-0.25, -0.2) is 8.78 Å². The third-order valence-electron chi connectivity index (χ3n) is 6.81. The number of rotatable bonds is 11. The average molecular weight is 521 g/mol. The molecule has 3 aromatic rings. The van der Waals surface area contributed by atoms with Gasteiger partial charge in [-0.2, -0.15) is 10.2 Å². The molecule has 1 heterocycles. The molecule has 0 saturated carbocycles. The van der Waals surface area contributed by atoms with Gasteiger partial charge in [-0.15, -0.1) is 0 Å². The van der Waals surface area contributed by atoms with Gasteiger partial charge in [-0.3, -0.25) is 4.79 Å². The molecule has 0 aromatic heterocycles. The molecule has 8 heteroatoms. The standard InChI is InChI=1S/C30H34F2N4O2/c1-3-20-5-4-6-21(11-20)17-33-18-29(37)27(14-22-12-24(31)15-25(32)13-22)34-30(38)28-16-26(35-36-28)23-9-7-19(2)8-10-23/h4-13,15,26-29,33,37H,3,14,16-18H2,1-2H3,(H,34,38)/t26?,27-,28?,29+/m0/s1. The van der Waals surface area contributed by atoms with E-state index in [1.807, 2.05) is 43.3 Å². The molecule has 3 aromatic carbocycles. The van der Waals surface area contributed by atoms with Crippen LogP contribution in [0.15, 0.2) is 77.0 Å². The monoisotopic (exact) mass is 520 g/mol. The van der Waals surface area contributed by atoms with Gasteiger partial charge in [0.25, 0.3) is 0 Å². The van der Waals surface area contributed by atoms with Gasteiger partial charge in [0.2, 0.25) is 5.91 Å². The van der Waals surface area contributed by atoms with Crippen molar-refractivity contribution < 1.29 is 18.7 Å². The molecule has 3 N–H and O–H groups in total. The number of nitrogens with one attached hydrogen (secondary N) is 2. The number of hydrogen-bond donors (Lipinski definition) is 3. The Morgan fingerprint density at radius 1 is 1.00 bits per heavy atom. The summed E-state index contributed by atoms with van der Waals surface area (Å²) in [5.74, 6) is -1.79. The van der Waals surface area contributed by atoms with Crippen LogP contribution in [0.2, 0.25) is 0 Å². The van der Waals surface area contributed by atoms with Crippen molar-refractivity contribution in [2.24, 2.45) is 10.2 Å². The molecular formula is C30H34F2N4O2. The maximum absolute atomic E-state index is 13.8. The molecule has 0 aliphatic carbocycles. The van der Waals surface area contributed by atoms with Crippen molar-refractivity contribution in [3.05, 3.63) is 106 Å². The van der Waals surface area contributed by atoms with Crippen LogP contribution in [0.1, 0.15) is 47.2 Å².